The molecule has 1 fully saturated rings. The Morgan fingerprint density at radius 3 is 2.42 bits per heavy atom. The molecule has 0 radical (unpaired) electrons. The SMILES string of the molecule is CO[C@@H]1O[C@@H](C)[C@@H](N)[C@@H](O)[C@H]1O. The van der Waals surface area contributed by atoms with Crippen molar-refractivity contribution in [2.75, 3.05) is 7.11 Å². The summed E-state index contributed by atoms with van der Waals surface area (Å²) in [5, 5.41) is 18.7. The van der Waals surface area contributed by atoms with E-state index in [1.165, 1.54) is 7.11 Å². The van der Waals surface area contributed by atoms with Crippen LogP contribution in [0, 0.1) is 0 Å². The summed E-state index contributed by atoms with van der Waals surface area (Å²) in [5.74, 6) is 0. The summed E-state index contributed by atoms with van der Waals surface area (Å²) in [4.78, 5) is 0. The summed E-state index contributed by atoms with van der Waals surface area (Å²) < 4.78 is 9.98. The lowest BCUT2D eigenvalue weighted by Crippen LogP contribution is -2.60. The molecular weight excluding hydrogens is 162 g/mol. The first kappa shape index (κ1) is 9.88. The number of ether oxygens (including phenoxy) is 2. The van der Waals surface area contributed by atoms with Crippen molar-refractivity contribution in [3.8, 4) is 0 Å². The van der Waals surface area contributed by atoms with Gasteiger partial charge in [0.05, 0.1) is 12.1 Å². The Morgan fingerprint density at radius 1 is 1.33 bits per heavy atom. The highest BCUT2D eigenvalue weighted by Gasteiger charge is 2.40. The number of aliphatic hydroxyl groups is 2. The fourth-order valence-corrected chi connectivity index (χ4v) is 1.24. The van der Waals surface area contributed by atoms with E-state index < -0.39 is 24.5 Å². The van der Waals surface area contributed by atoms with Gasteiger partial charge in [-0.05, 0) is 6.92 Å². The van der Waals surface area contributed by atoms with E-state index in [0.717, 1.165) is 0 Å². The molecule has 0 saturated carbocycles. The molecule has 12 heavy (non-hydrogen) atoms. The molecular formula is C7H15NO4. The van der Waals surface area contributed by atoms with Crippen LogP contribution in [0.5, 0.6) is 0 Å². The maximum Gasteiger partial charge on any atom is 0.186 e. The molecule has 5 heteroatoms. The predicted octanol–water partition coefficient (Wildman–Crippen LogP) is -1.57. The van der Waals surface area contributed by atoms with Gasteiger partial charge in [-0.25, -0.2) is 0 Å². The predicted molar refractivity (Wildman–Crippen MR) is 41.3 cm³/mol. The van der Waals surface area contributed by atoms with Crippen molar-refractivity contribution in [3.05, 3.63) is 0 Å². The lowest BCUT2D eigenvalue weighted by atomic mass is 9.98. The molecule has 5 nitrogen and oxygen atoms in total. The first-order chi connectivity index (χ1) is 5.57. The van der Waals surface area contributed by atoms with Crippen molar-refractivity contribution < 1.29 is 19.7 Å². The number of aliphatic hydroxyl groups excluding tert-OH is 2. The van der Waals surface area contributed by atoms with Gasteiger partial charge in [-0.2, -0.15) is 0 Å². The summed E-state index contributed by atoms with van der Waals surface area (Å²) in [6, 6.07) is -0.564. The fourth-order valence-electron chi connectivity index (χ4n) is 1.24. The molecule has 0 aliphatic carbocycles. The van der Waals surface area contributed by atoms with E-state index >= 15 is 0 Å². The van der Waals surface area contributed by atoms with Crippen LogP contribution < -0.4 is 5.73 Å². The molecule has 1 rings (SSSR count). The van der Waals surface area contributed by atoms with Gasteiger partial charge < -0.3 is 25.4 Å². The van der Waals surface area contributed by atoms with Crippen LogP contribution in [0.3, 0.4) is 0 Å². The Hall–Kier alpha value is -0.200. The molecule has 1 saturated heterocycles. The van der Waals surface area contributed by atoms with Crippen molar-refractivity contribution in [1.29, 1.82) is 0 Å². The molecule has 0 amide bonds. The molecule has 1 heterocycles. The van der Waals surface area contributed by atoms with E-state index in [0.29, 0.717) is 0 Å². The van der Waals surface area contributed by atoms with Crippen LogP contribution in [0.25, 0.3) is 0 Å². The number of hydrogen-bond donors (Lipinski definition) is 3. The average Bonchev–Trinajstić information content (AvgIpc) is 2.08. The zero-order valence-corrected chi connectivity index (χ0v) is 7.18. The lowest BCUT2D eigenvalue weighted by molar-refractivity contribution is -0.260. The first-order valence-corrected chi connectivity index (χ1v) is 3.88. The van der Waals surface area contributed by atoms with Crippen LogP contribution in [0.4, 0.5) is 0 Å². The van der Waals surface area contributed by atoms with E-state index in [1.807, 2.05) is 0 Å². The Morgan fingerprint density at radius 2 is 1.92 bits per heavy atom. The number of rotatable bonds is 1. The summed E-state index contributed by atoms with van der Waals surface area (Å²) in [5.41, 5.74) is 5.54. The second kappa shape index (κ2) is 3.68. The largest absolute Gasteiger partial charge is 0.388 e. The first-order valence-electron chi connectivity index (χ1n) is 3.88. The molecule has 1 aliphatic heterocycles. The standard InChI is InChI=1S/C7H15NO4/c1-3-4(8)5(9)6(10)7(11-2)12-3/h3-7,9-10H,8H2,1-2H3/t3-,4+,5+,6+,7+/m0/s1. The molecule has 0 spiro atoms. The highest BCUT2D eigenvalue weighted by atomic mass is 16.7. The minimum Gasteiger partial charge on any atom is -0.388 e. The molecule has 5 atom stereocenters. The topological polar surface area (TPSA) is 84.9 Å². The zero-order valence-electron chi connectivity index (χ0n) is 7.18. The Kier molecular flexibility index (Phi) is 3.03. The van der Waals surface area contributed by atoms with Gasteiger partial charge >= 0.3 is 0 Å². The summed E-state index contributed by atoms with van der Waals surface area (Å²) >= 11 is 0. The second-order valence-corrected chi connectivity index (χ2v) is 3.00. The molecule has 0 bridgehead atoms. The van der Waals surface area contributed by atoms with Crippen molar-refractivity contribution in [2.45, 2.75) is 37.6 Å². The maximum absolute atomic E-state index is 9.38. The van der Waals surface area contributed by atoms with Crippen LogP contribution in [-0.2, 0) is 9.47 Å². The van der Waals surface area contributed by atoms with Gasteiger partial charge in [0.1, 0.15) is 12.2 Å². The van der Waals surface area contributed by atoms with Gasteiger partial charge in [-0.1, -0.05) is 0 Å². The van der Waals surface area contributed by atoms with Crippen molar-refractivity contribution in [3.63, 3.8) is 0 Å². The lowest BCUT2D eigenvalue weighted by Gasteiger charge is -2.39. The van der Waals surface area contributed by atoms with Crippen molar-refractivity contribution >= 4 is 0 Å². The average molecular weight is 177 g/mol. The quantitative estimate of drug-likeness (QED) is 0.450. The molecule has 72 valence electrons. The molecule has 0 aromatic carbocycles. The van der Waals surface area contributed by atoms with Crippen LogP contribution in [0.15, 0.2) is 0 Å². The summed E-state index contributed by atoms with van der Waals surface area (Å²) in [6.07, 6.45) is -3.15. The van der Waals surface area contributed by atoms with Crippen LogP contribution >= 0.6 is 0 Å². The second-order valence-electron chi connectivity index (χ2n) is 3.00. The van der Waals surface area contributed by atoms with E-state index in [1.54, 1.807) is 6.92 Å². The Balaban J connectivity index is 2.63. The molecule has 4 N–H and O–H groups in total. The van der Waals surface area contributed by atoms with E-state index in [2.05, 4.69) is 0 Å². The highest BCUT2D eigenvalue weighted by Crippen LogP contribution is 2.19. The Labute approximate surface area is 71.1 Å². The summed E-state index contributed by atoms with van der Waals surface area (Å²) in [6.45, 7) is 1.73. The minimum atomic E-state index is -1.07. The molecule has 0 unspecified atom stereocenters. The van der Waals surface area contributed by atoms with Crippen LogP contribution in [0.1, 0.15) is 6.92 Å². The third-order valence-electron chi connectivity index (χ3n) is 2.15. The van der Waals surface area contributed by atoms with Gasteiger partial charge in [0.2, 0.25) is 0 Å². The van der Waals surface area contributed by atoms with Gasteiger partial charge in [0.15, 0.2) is 6.29 Å². The number of methoxy groups -OCH3 is 1. The third-order valence-corrected chi connectivity index (χ3v) is 2.15. The van der Waals surface area contributed by atoms with Gasteiger partial charge in [0, 0.05) is 7.11 Å². The van der Waals surface area contributed by atoms with Crippen LogP contribution in [0.2, 0.25) is 0 Å². The highest BCUT2D eigenvalue weighted by molar-refractivity contribution is 4.89. The maximum atomic E-state index is 9.38. The van der Waals surface area contributed by atoms with E-state index in [4.69, 9.17) is 15.2 Å². The smallest absolute Gasteiger partial charge is 0.186 e. The molecule has 1 aliphatic rings. The van der Waals surface area contributed by atoms with Crippen molar-refractivity contribution in [1.82, 2.24) is 0 Å². The molecule has 0 aromatic heterocycles. The van der Waals surface area contributed by atoms with Gasteiger partial charge in [-0.3, -0.25) is 0 Å². The summed E-state index contributed by atoms with van der Waals surface area (Å²) in [7, 11) is 1.41. The zero-order chi connectivity index (χ0) is 9.30. The molecule has 0 aromatic rings. The minimum absolute atomic E-state index is 0.312. The Bertz CT molecular complexity index is 150. The van der Waals surface area contributed by atoms with E-state index in [9.17, 15) is 10.2 Å². The normalized spacial score (nSPS) is 49.2. The third kappa shape index (κ3) is 1.60. The van der Waals surface area contributed by atoms with Gasteiger partial charge in [-0.15, -0.1) is 0 Å². The number of hydrogen-bond acceptors (Lipinski definition) is 5. The fraction of sp³-hybridized carbons (Fsp3) is 1.00. The van der Waals surface area contributed by atoms with E-state index in [-0.39, 0.29) is 6.10 Å². The monoisotopic (exact) mass is 177 g/mol. The number of nitrogens with two attached hydrogens (primary N) is 1. The van der Waals surface area contributed by atoms with Crippen molar-refractivity contribution in [2.24, 2.45) is 5.73 Å². The van der Waals surface area contributed by atoms with Crippen LogP contribution in [-0.4, -0.2) is 48.0 Å². The van der Waals surface area contributed by atoms with Gasteiger partial charge in [0.25, 0.3) is 0 Å².